The predicted octanol–water partition coefficient (Wildman–Crippen LogP) is 1.78. The molecule has 2 aliphatic rings. The Bertz CT molecular complexity index is 226. The lowest BCUT2D eigenvalue weighted by Gasteiger charge is -2.35. The van der Waals surface area contributed by atoms with Gasteiger partial charge in [-0.25, -0.2) is 0 Å². The standard InChI is InChI=1S/C12H22N2/c1-10(12-7-13-8-12)9-14-6-4-3-5-11(14)2/h11,13H,3-9H2,1-2H3. The van der Waals surface area contributed by atoms with Crippen LogP contribution in [0.1, 0.15) is 33.1 Å². The maximum atomic E-state index is 3.31. The Morgan fingerprint density at radius 2 is 2.21 bits per heavy atom. The van der Waals surface area contributed by atoms with Crippen LogP contribution in [0.25, 0.3) is 0 Å². The average molecular weight is 194 g/mol. The van der Waals surface area contributed by atoms with Crippen molar-refractivity contribution in [2.45, 2.75) is 39.2 Å². The van der Waals surface area contributed by atoms with E-state index in [0.29, 0.717) is 0 Å². The molecule has 0 bridgehead atoms. The lowest BCUT2D eigenvalue weighted by molar-refractivity contribution is 0.174. The monoisotopic (exact) mass is 194 g/mol. The topological polar surface area (TPSA) is 15.3 Å². The molecule has 14 heavy (non-hydrogen) atoms. The van der Waals surface area contributed by atoms with Crippen molar-refractivity contribution < 1.29 is 0 Å². The fourth-order valence-corrected chi connectivity index (χ4v) is 2.36. The number of nitrogens with one attached hydrogen (secondary N) is 1. The number of nitrogens with zero attached hydrogens (tertiary/aromatic N) is 1. The molecule has 2 heterocycles. The first-order valence-corrected chi connectivity index (χ1v) is 5.89. The fraction of sp³-hybridized carbons (Fsp3) is 0.833. The van der Waals surface area contributed by atoms with Crippen molar-refractivity contribution in [3.63, 3.8) is 0 Å². The zero-order chi connectivity index (χ0) is 9.97. The van der Waals surface area contributed by atoms with E-state index in [-0.39, 0.29) is 0 Å². The van der Waals surface area contributed by atoms with E-state index in [4.69, 9.17) is 0 Å². The molecule has 0 aromatic carbocycles. The normalized spacial score (nSPS) is 28.7. The molecule has 2 nitrogen and oxygen atoms in total. The van der Waals surface area contributed by atoms with Gasteiger partial charge in [-0.3, -0.25) is 4.90 Å². The number of rotatable bonds is 2. The first-order valence-electron chi connectivity index (χ1n) is 5.89. The van der Waals surface area contributed by atoms with Crippen LogP contribution >= 0.6 is 0 Å². The van der Waals surface area contributed by atoms with Crippen molar-refractivity contribution in [1.82, 2.24) is 10.2 Å². The predicted molar refractivity (Wildman–Crippen MR) is 60.5 cm³/mol. The third-order valence-corrected chi connectivity index (χ3v) is 3.66. The van der Waals surface area contributed by atoms with Gasteiger partial charge >= 0.3 is 0 Å². The second kappa shape index (κ2) is 4.45. The molecule has 0 aromatic heterocycles. The van der Waals surface area contributed by atoms with Crippen molar-refractivity contribution in [2.75, 3.05) is 26.2 Å². The van der Waals surface area contributed by atoms with Crippen molar-refractivity contribution in [3.8, 4) is 0 Å². The van der Waals surface area contributed by atoms with Gasteiger partial charge in [0.15, 0.2) is 0 Å². The molecule has 2 fully saturated rings. The van der Waals surface area contributed by atoms with Crippen molar-refractivity contribution in [2.24, 2.45) is 0 Å². The van der Waals surface area contributed by atoms with Crippen LogP contribution in [0.3, 0.4) is 0 Å². The molecule has 2 rings (SSSR count). The van der Waals surface area contributed by atoms with Gasteiger partial charge in [-0.1, -0.05) is 12.0 Å². The molecule has 1 unspecified atom stereocenters. The summed E-state index contributed by atoms with van der Waals surface area (Å²) < 4.78 is 0. The highest BCUT2D eigenvalue weighted by Crippen LogP contribution is 2.19. The summed E-state index contributed by atoms with van der Waals surface area (Å²) >= 11 is 0. The summed E-state index contributed by atoms with van der Waals surface area (Å²) in [6.45, 7) is 9.45. The summed E-state index contributed by atoms with van der Waals surface area (Å²) in [6, 6.07) is 0.798. The quantitative estimate of drug-likeness (QED) is 0.674. The number of likely N-dealkylation sites (tertiary alicyclic amines) is 1. The van der Waals surface area contributed by atoms with Gasteiger partial charge in [0.25, 0.3) is 0 Å². The Labute approximate surface area is 87.4 Å². The third-order valence-electron chi connectivity index (χ3n) is 3.66. The van der Waals surface area contributed by atoms with Crippen LogP contribution in [0.4, 0.5) is 0 Å². The SMILES string of the molecule is CC(CN1CCCCC1C)=C1CNC1. The van der Waals surface area contributed by atoms with E-state index >= 15 is 0 Å². The Morgan fingerprint density at radius 3 is 2.79 bits per heavy atom. The fourth-order valence-electron chi connectivity index (χ4n) is 2.36. The van der Waals surface area contributed by atoms with E-state index in [1.54, 1.807) is 11.1 Å². The molecule has 2 saturated heterocycles. The summed E-state index contributed by atoms with van der Waals surface area (Å²) in [7, 11) is 0. The second-order valence-corrected chi connectivity index (χ2v) is 4.80. The molecular formula is C12H22N2. The van der Waals surface area contributed by atoms with E-state index in [1.165, 1.54) is 32.4 Å². The van der Waals surface area contributed by atoms with E-state index in [9.17, 15) is 0 Å². The highest BCUT2D eigenvalue weighted by molar-refractivity contribution is 5.22. The van der Waals surface area contributed by atoms with Crippen LogP contribution < -0.4 is 5.32 Å². The molecule has 1 N–H and O–H groups in total. The van der Waals surface area contributed by atoms with Crippen LogP contribution in [-0.4, -0.2) is 37.1 Å². The number of hydrogen-bond acceptors (Lipinski definition) is 2. The highest BCUT2D eigenvalue weighted by Gasteiger charge is 2.19. The van der Waals surface area contributed by atoms with Gasteiger partial charge in [0.05, 0.1) is 0 Å². The first-order chi connectivity index (χ1) is 6.77. The van der Waals surface area contributed by atoms with E-state index < -0.39 is 0 Å². The van der Waals surface area contributed by atoms with Crippen molar-refractivity contribution in [1.29, 1.82) is 0 Å². The third kappa shape index (κ3) is 2.18. The molecule has 1 atom stereocenters. The molecule has 0 aromatic rings. The average Bonchev–Trinajstić information content (AvgIpc) is 2.05. The molecule has 2 aliphatic heterocycles. The Balaban J connectivity index is 1.89. The molecule has 0 radical (unpaired) electrons. The van der Waals surface area contributed by atoms with Crippen LogP contribution in [-0.2, 0) is 0 Å². The van der Waals surface area contributed by atoms with E-state index in [2.05, 4.69) is 24.1 Å². The lowest BCUT2D eigenvalue weighted by atomic mass is 10.00. The molecule has 0 amide bonds. The van der Waals surface area contributed by atoms with E-state index in [1.807, 2.05) is 0 Å². The summed E-state index contributed by atoms with van der Waals surface area (Å²) in [4.78, 5) is 2.64. The van der Waals surface area contributed by atoms with Gasteiger partial charge in [0, 0.05) is 25.7 Å². The molecular weight excluding hydrogens is 172 g/mol. The zero-order valence-electron chi connectivity index (χ0n) is 9.47. The summed E-state index contributed by atoms with van der Waals surface area (Å²) in [6.07, 6.45) is 4.21. The minimum Gasteiger partial charge on any atom is -0.309 e. The largest absolute Gasteiger partial charge is 0.309 e. The van der Waals surface area contributed by atoms with Crippen molar-refractivity contribution >= 4 is 0 Å². The highest BCUT2D eigenvalue weighted by atomic mass is 15.2. The second-order valence-electron chi connectivity index (χ2n) is 4.80. The molecule has 0 aliphatic carbocycles. The maximum Gasteiger partial charge on any atom is 0.0196 e. The summed E-state index contributed by atoms with van der Waals surface area (Å²) in [5.41, 5.74) is 3.25. The Kier molecular flexibility index (Phi) is 3.24. The molecule has 80 valence electrons. The van der Waals surface area contributed by atoms with Crippen LogP contribution in [0.15, 0.2) is 11.1 Å². The smallest absolute Gasteiger partial charge is 0.0196 e. The molecule has 2 heteroatoms. The number of piperidine rings is 1. The number of hydrogen-bond donors (Lipinski definition) is 1. The van der Waals surface area contributed by atoms with Crippen LogP contribution in [0, 0.1) is 0 Å². The lowest BCUT2D eigenvalue weighted by Crippen LogP contribution is -2.41. The van der Waals surface area contributed by atoms with Gasteiger partial charge in [-0.05, 0) is 38.8 Å². The van der Waals surface area contributed by atoms with Gasteiger partial charge in [0.1, 0.15) is 0 Å². The van der Waals surface area contributed by atoms with Gasteiger partial charge in [-0.2, -0.15) is 0 Å². The minimum absolute atomic E-state index is 0.798. The van der Waals surface area contributed by atoms with Gasteiger partial charge in [0.2, 0.25) is 0 Å². The minimum atomic E-state index is 0.798. The summed E-state index contributed by atoms with van der Waals surface area (Å²) in [5, 5.41) is 3.31. The molecule has 0 saturated carbocycles. The summed E-state index contributed by atoms with van der Waals surface area (Å²) in [5.74, 6) is 0. The maximum absolute atomic E-state index is 3.31. The van der Waals surface area contributed by atoms with Crippen molar-refractivity contribution in [3.05, 3.63) is 11.1 Å². The molecule has 0 spiro atoms. The van der Waals surface area contributed by atoms with Gasteiger partial charge < -0.3 is 5.32 Å². The Hall–Kier alpha value is -0.340. The first kappa shape index (κ1) is 10.2. The van der Waals surface area contributed by atoms with Crippen LogP contribution in [0.5, 0.6) is 0 Å². The van der Waals surface area contributed by atoms with E-state index in [0.717, 1.165) is 19.1 Å². The Morgan fingerprint density at radius 1 is 1.43 bits per heavy atom. The van der Waals surface area contributed by atoms with Crippen LogP contribution in [0.2, 0.25) is 0 Å². The van der Waals surface area contributed by atoms with Gasteiger partial charge in [-0.15, -0.1) is 0 Å². The zero-order valence-corrected chi connectivity index (χ0v) is 9.47.